The molecule has 0 saturated heterocycles. The summed E-state index contributed by atoms with van der Waals surface area (Å²) >= 11 is 0. The van der Waals surface area contributed by atoms with Crippen molar-refractivity contribution in [3.05, 3.63) is 45.4 Å². The van der Waals surface area contributed by atoms with Gasteiger partial charge in [-0.15, -0.1) is 16.7 Å². The van der Waals surface area contributed by atoms with Crippen molar-refractivity contribution in [3.8, 4) is 11.3 Å². The van der Waals surface area contributed by atoms with Gasteiger partial charge < -0.3 is 0 Å². The van der Waals surface area contributed by atoms with E-state index < -0.39 is 0 Å². The second-order valence-electron chi connectivity index (χ2n) is 5.33. The third-order valence-electron chi connectivity index (χ3n) is 4.14. The smallest absolute Gasteiger partial charge is 0.120 e. The van der Waals surface area contributed by atoms with E-state index in [1.54, 1.807) is 0 Å². The monoisotopic (exact) mass is 304 g/mol. The van der Waals surface area contributed by atoms with Gasteiger partial charge in [0.25, 0.3) is 0 Å². The molecule has 20 heavy (non-hydrogen) atoms. The Bertz CT molecular complexity index is 611. The van der Waals surface area contributed by atoms with Gasteiger partial charge in [0.1, 0.15) is 5.82 Å². The molecular weight excluding hydrogens is 283 g/mol. The van der Waals surface area contributed by atoms with Gasteiger partial charge >= 0.3 is 0 Å². The molecule has 1 aromatic heterocycles. The maximum atomic E-state index is 4.57. The average Bonchev–Trinajstić information content (AvgIpc) is 2.33. The van der Waals surface area contributed by atoms with Crippen LogP contribution in [0.3, 0.4) is 0 Å². The normalized spacial score (nSPS) is 10.3. The maximum absolute atomic E-state index is 4.57. The molecule has 1 aromatic carbocycles. The Kier molecular flexibility index (Phi) is 5.18. The van der Waals surface area contributed by atoms with E-state index in [-0.39, 0.29) is 18.6 Å². The van der Waals surface area contributed by atoms with Crippen LogP contribution in [-0.2, 0) is 18.6 Å². The largest absolute Gasteiger partial charge is 0.272 e. The minimum atomic E-state index is 0. The molecular formula is C17H21N2V-. The van der Waals surface area contributed by atoms with Crippen molar-refractivity contribution in [1.82, 2.24) is 9.97 Å². The van der Waals surface area contributed by atoms with Crippen molar-refractivity contribution >= 4 is 0 Å². The molecule has 1 heterocycles. The van der Waals surface area contributed by atoms with E-state index in [9.17, 15) is 0 Å². The molecule has 2 rings (SSSR count). The third kappa shape index (κ3) is 2.82. The number of aromatic nitrogens is 2. The Labute approximate surface area is 133 Å². The van der Waals surface area contributed by atoms with Crippen molar-refractivity contribution in [2.75, 3.05) is 0 Å². The zero-order valence-electron chi connectivity index (χ0n) is 13.3. The molecule has 0 aliphatic heterocycles. The van der Waals surface area contributed by atoms with E-state index in [0.29, 0.717) is 0 Å². The van der Waals surface area contributed by atoms with E-state index in [0.717, 1.165) is 17.2 Å². The number of benzene rings is 1. The first-order chi connectivity index (χ1) is 8.82. The van der Waals surface area contributed by atoms with E-state index in [4.69, 9.17) is 0 Å². The quantitative estimate of drug-likeness (QED) is 0.741. The third-order valence-corrected chi connectivity index (χ3v) is 4.14. The Balaban J connectivity index is 0.00000200. The van der Waals surface area contributed by atoms with Crippen LogP contribution in [0.2, 0.25) is 0 Å². The van der Waals surface area contributed by atoms with E-state index in [2.05, 4.69) is 50.7 Å². The summed E-state index contributed by atoms with van der Waals surface area (Å²) in [7, 11) is 0. The number of hydrogen-bond donors (Lipinski definition) is 0. The van der Waals surface area contributed by atoms with Crippen molar-refractivity contribution in [2.24, 2.45) is 0 Å². The second-order valence-corrected chi connectivity index (χ2v) is 5.33. The van der Waals surface area contributed by atoms with Gasteiger partial charge in [0.2, 0.25) is 0 Å². The molecule has 0 N–H and O–H groups in total. The topological polar surface area (TPSA) is 25.8 Å². The summed E-state index contributed by atoms with van der Waals surface area (Å²) in [4.78, 5) is 8.89. The molecule has 0 fully saturated rings. The van der Waals surface area contributed by atoms with Gasteiger partial charge in [-0.3, -0.25) is 9.97 Å². The molecule has 2 aromatic rings. The predicted octanol–water partition coefficient (Wildman–Crippen LogP) is 4.10. The summed E-state index contributed by atoms with van der Waals surface area (Å²) in [6.07, 6.45) is 0. The van der Waals surface area contributed by atoms with Crippen molar-refractivity contribution in [1.29, 1.82) is 0 Å². The average molecular weight is 304 g/mol. The summed E-state index contributed by atoms with van der Waals surface area (Å²) in [6, 6.07) is 3.30. The van der Waals surface area contributed by atoms with Gasteiger partial charge in [-0.05, 0) is 45.9 Å². The molecule has 0 amide bonds. The molecule has 0 bridgehead atoms. The van der Waals surface area contributed by atoms with Gasteiger partial charge in [-0.1, -0.05) is 30.7 Å². The molecule has 1 radical (unpaired) electrons. The first-order valence-electron chi connectivity index (χ1n) is 6.64. The molecule has 0 aliphatic rings. The molecule has 0 spiro atoms. The minimum Gasteiger partial charge on any atom is -0.272 e. The molecule has 3 heteroatoms. The van der Waals surface area contributed by atoms with Crippen LogP contribution in [0.5, 0.6) is 0 Å². The molecule has 105 valence electrons. The van der Waals surface area contributed by atoms with Crippen LogP contribution in [0.15, 0.2) is 0 Å². The Morgan fingerprint density at radius 2 is 1.10 bits per heavy atom. The van der Waals surface area contributed by atoms with Crippen molar-refractivity contribution in [2.45, 2.75) is 48.5 Å². The Hall–Kier alpha value is -1.12. The van der Waals surface area contributed by atoms with Crippen LogP contribution < -0.4 is 0 Å². The summed E-state index contributed by atoms with van der Waals surface area (Å²) < 4.78 is 0. The molecule has 0 saturated carbocycles. The van der Waals surface area contributed by atoms with Crippen LogP contribution in [0.25, 0.3) is 11.3 Å². The number of nitrogens with zero attached hydrogens (tertiary/aromatic N) is 2. The van der Waals surface area contributed by atoms with Crippen LogP contribution in [0.4, 0.5) is 0 Å². The minimum absolute atomic E-state index is 0. The van der Waals surface area contributed by atoms with Gasteiger partial charge in [-0.25, -0.2) is 6.07 Å². The molecule has 2 nitrogen and oxygen atoms in total. The van der Waals surface area contributed by atoms with E-state index >= 15 is 0 Å². The SMILES string of the molecule is Cc1[c-]c(-c2c(C)c(C)c(C)c(C)c2C)nc(C)n1.[V]. The molecule has 0 atom stereocenters. The fourth-order valence-corrected chi connectivity index (χ4v) is 2.63. The summed E-state index contributed by atoms with van der Waals surface area (Å²) in [5.74, 6) is 0.806. The van der Waals surface area contributed by atoms with Crippen LogP contribution in [-0.4, -0.2) is 9.97 Å². The number of rotatable bonds is 1. The summed E-state index contributed by atoms with van der Waals surface area (Å²) in [5.41, 5.74) is 9.71. The fourth-order valence-electron chi connectivity index (χ4n) is 2.63. The van der Waals surface area contributed by atoms with Crippen LogP contribution in [0.1, 0.15) is 39.3 Å². The predicted molar refractivity (Wildman–Crippen MR) is 79.5 cm³/mol. The molecule has 0 aliphatic carbocycles. The Morgan fingerprint density at radius 3 is 1.55 bits per heavy atom. The van der Waals surface area contributed by atoms with Crippen LogP contribution >= 0.6 is 0 Å². The van der Waals surface area contributed by atoms with Gasteiger partial charge in [0.05, 0.1) is 0 Å². The van der Waals surface area contributed by atoms with E-state index in [1.807, 2.05) is 13.8 Å². The summed E-state index contributed by atoms with van der Waals surface area (Å²) in [5, 5.41) is 0. The van der Waals surface area contributed by atoms with Gasteiger partial charge in [0.15, 0.2) is 0 Å². The first kappa shape index (κ1) is 16.9. The van der Waals surface area contributed by atoms with Gasteiger partial charge in [0, 0.05) is 18.6 Å². The van der Waals surface area contributed by atoms with Gasteiger partial charge in [-0.2, -0.15) is 0 Å². The van der Waals surface area contributed by atoms with Crippen LogP contribution in [0, 0.1) is 54.5 Å². The maximum Gasteiger partial charge on any atom is 0.120 e. The van der Waals surface area contributed by atoms with Crippen molar-refractivity contribution in [3.63, 3.8) is 0 Å². The van der Waals surface area contributed by atoms with E-state index in [1.165, 1.54) is 33.4 Å². The zero-order chi connectivity index (χ0) is 14.3. The number of aryl methyl sites for hydroxylation is 2. The number of hydrogen-bond acceptors (Lipinski definition) is 2. The standard InChI is InChI=1S/C17H21N2.V/c1-9-8-16(19-15(7)18-9)17-13(5)11(3)10(2)12(4)14(17)6;/h1-7H3;/q-1;. The second kappa shape index (κ2) is 6.11. The fraction of sp³-hybridized carbons (Fsp3) is 0.412. The first-order valence-corrected chi connectivity index (χ1v) is 6.64. The summed E-state index contributed by atoms with van der Waals surface area (Å²) in [6.45, 7) is 14.8. The zero-order valence-corrected chi connectivity index (χ0v) is 14.7. The Morgan fingerprint density at radius 1 is 0.650 bits per heavy atom. The molecule has 0 unspecified atom stereocenters. The van der Waals surface area contributed by atoms with Crippen molar-refractivity contribution < 1.29 is 18.6 Å².